The summed E-state index contributed by atoms with van der Waals surface area (Å²) in [6.07, 6.45) is 2.54. The lowest BCUT2D eigenvalue weighted by Crippen LogP contribution is -2.39. The van der Waals surface area contributed by atoms with Crippen molar-refractivity contribution in [2.45, 2.75) is 58.1 Å². The number of amides is 1. The highest BCUT2D eigenvalue weighted by Crippen LogP contribution is 2.16. The second kappa shape index (κ2) is 9.77. The van der Waals surface area contributed by atoms with E-state index in [1.807, 2.05) is 19.1 Å². The van der Waals surface area contributed by atoms with Gasteiger partial charge in [0, 0.05) is 18.7 Å². The van der Waals surface area contributed by atoms with Crippen LogP contribution in [0.5, 0.6) is 5.75 Å². The molecule has 1 amide bonds. The Kier molecular flexibility index (Phi) is 8.38. The van der Waals surface area contributed by atoms with E-state index in [9.17, 15) is 13.2 Å². The van der Waals surface area contributed by atoms with Gasteiger partial charge in [-0.3, -0.25) is 4.79 Å². The molecule has 0 saturated carbocycles. The third-order valence-electron chi connectivity index (χ3n) is 3.54. The normalized spacial score (nSPS) is 12.0. The molecule has 0 aromatic heterocycles. The molecule has 1 aromatic rings. The summed E-state index contributed by atoms with van der Waals surface area (Å²) in [5, 5.41) is 2.82. The highest BCUT2D eigenvalue weighted by Gasteiger charge is 2.27. The Morgan fingerprint density at radius 3 is 2.32 bits per heavy atom. The molecule has 0 atom stereocenters. The summed E-state index contributed by atoms with van der Waals surface area (Å²) in [6, 6.07) is 7.26. The Balaban J connectivity index is 2.27. The van der Waals surface area contributed by atoms with E-state index < -0.39 is 14.8 Å². The minimum atomic E-state index is -3.32. The van der Waals surface area contributed by atoms with Gasteiger partial charge in [-0.1, -0.05) is 6.92 Å². The molecule has 1 rings (SSSR count). The predicted octanol–water partition coefficient (Wildman–Crippen LogP) is 3.30. The first kappa shape index (κ1) is 21.4. The van der Waals surface area contributed by atoms with Crippen molar-refractivity contribution >= 4 is 21.6 Å². The standard InChI is InChI=1S/C18H30N2O4S/c1-5-14-24-16-11-9-15(10-12-16)20-17(21)8-6-7-13-19-25(22,23)18(2,3)4/h9-12,19H,5-8,13-14H2,1-4H3,(H,20,21). The van der Waals surface area contributed by atoms with Crippen LogP contribution < -0.4 is 14.8 Å². The number of carbonyl (C=O) groups is 1. The number of hydrogen-bond acceptors (Lipinski definition) is 4. The number of rotatable bonds is 10. The fourth-order valence-electron chi connectivity index (χ4n) is 1.91. The monoisotopic (exact) mass is 370 g/mol. The van der Waals surface area contributed by atoms with Crippen LogP contribution >= 0.6 is 0 Å². The fraction of sp³-hybridized carbons (Fsp3) is 0.611. The Bertz CT molecular complexity index is 634. The number of anilines is 1. The third-order valence-corrected chi connectivity index (χ3v) is 5.74. The first-order chi connectivity index (χ1) is 11.7. The molecule has 6 nitrogen and oxygen atoms in total. The number of sulfonamides is 1. The third kappa shape index (κ3) is 7.88. The van der Waals surface area contributed by atoms with Gasteiger partial charge in [0.15, 0.2) is 0 Å². The van der Waals surface area contributed by atoms with Crippen molar-refractivity contribution in [1.82, 2.24) is 4.72 Å². The van der Waals surface area contributed by atoms with Gasteiger partial charge in [-0.2, -0.15) is 0 Å². The summed E-state index contributed by atoms with van der Waals surface area (Å²) in [5.74, 6) is 0.701. The van der Waals surface area contributed by atoms with Gasteiger partial charge < -0.3 is 10.1 Å². The van der Waals surface area contributed by atoms with Crippen molar-refractivity contribution in [3.8, 4) is 5.75 Å². The number of unbranched alkanes of at least 4 members (excludes halogenated alkanes) is 1. The van der Waals surface area contributed by atoms with E-state index in [-0.39, 0.29) is 5.91 Å². The van der Waals surface area contributed by atoms with Crippen LogP contribution in [0, 0.1) is 0 Å². The lowest BCUT2D eigenvalue weighted by Gasteiger charge is -2.19. The van der Waals surface area contributed by atoms with Crippen LogP contribution in [0.2, 0.25) is 0 Å². The van der Waals surface area contributed by atoms with Gasteiger partial charge in [0.05, 0.1) is 11.4 Å². The van der Waals surface area contributed by atoms with E-state index in [1.165, 1.54) is 0 Å². The van der Waals surface area contributed by atoms with E-state index in [0.717, 1.165) is 17.9 Å². The Labute approximate surface area is 151 Å². The molecule has 0 radical (unpaired) electrons. The fourth-order valence-corrected chi connectivity index (χ4v) is 2.76. The molecule has 0 aliphatic carbocycles. The maximum atomic E-state index is 11.9. The lowest BCUT2D eigenvalue weighted by molar-refractivity contribution is -0.116. The molecule has 25 heavy (non-hydrogen) atoms. The van der Waals surface area contributed by atoms with E-state index in [1.54, 1.807) is 32.9 Å². The summed E-state index contributed by atoms with van der Waals surface area (Å²) in [7, 11) is -3.32. The molecule has 0 heterocycles. The maximum Gasteiger partial charge on any atom is 0.224 e. The van der Waals surface area contributed by atoms with E-state index in [4.69, 9.17) is 4.74 Å². The average molecular weight is 371 g/mol. The molecule has 0 aliphatic heterocycles. The van der Waals surface area contributed by atoms with Crippen molar-refractivity contribution in [3.05, 3.63) is 24.3 Å². The van der Waals surface area contributed by atoms with Crippen LogP contribution in [0.15, 0.2) is 24.3 Å². The molecule has 0 unspecified atom stereocenters. The second-order valence-corrected chi connectivity index (χ2v) is 9.41. The van der Waals surface area contributed by atoms with Crippen LogP contribution in [-0.2, 0) is 14.8 Å². The highest BCUT2D eigenvalue weighted by molar-refractivity contribution is 7.90. The Morgan fingerprint density at radius 1 is 1.12 bits per heavy atom. The number of nitrogens with one attached hydrogen (secondary N) is 2. The van der Waals surface area contributed by atoms with Crippen LogP contribution in [0.3, 0.4) is 0 Å². The zero-order chi connectivity index (χ0) is 18.9. The van der Waals surface area contributed by atoms with Crippen molar-refractivity contribution < 1.29 is 17.9 Å². The van der Waals surface area contributed by atoms with Gasteiger partial charge in [-0.15, -0.1) is 0 Å². The highest BCUT2D eigenvalue weighted by atomic mass is 32.2. The molecule has 0 bridgehead atoms. The van der Waals surface area contributed by atoms with Gasteiger partial charge in [-0.25, -0.2) is 13.1 Å². The molecule has 2 N–H and O–H groups in total. The summed E-state index contributed by atoms with van der Waals surface area (Å²) < 4.78 is 31.0. The van der Waals surface area contributed by atoms with Gasteiger partial charge in [0.25, 0.3) is 0 Å². The largest absolute Gasteiger partial charge is 0.494 e. The molecular weight excluding hydrogens is 340 g/mol. The zero-order valence-corrected chi connectivity index (χ0v) is 16.4. The van der Waals surface area contributed by atoms with Crippen LogP contribution in [0.25, 0.3) is 0 Å². The molecule has 142 valence electrons. The molecule has 0 aliphatic rings. The molecule has 0 spiro atoms. The molecular formula is C18H30N2O4S. The van der Waals surface area contributed by atoms with Gasteiger partial charge in [0.2, 0.25) is 15.9 Å². The quantitative estimate of drug-likeness (QED) is 0.619. The van der Waals surface area contributed by atoms with Gasteiger partial charge in [0.1, 0.15) is 5.75 Å². The Morgan fingerprint density at radius 2 is 1.76 bits per heavy atom. The van der Waals surface area contributed by atoms with Gasteiger partial charge in [-0.05, 0) is 64.3 Å². The number of ether oxygens (including phenoxy) is 1. The lowest BCUT2D eigenvalue weighted by atomic mass is 10.2. The topological polar surface area (TPSA) is 84.5 Å². The summed E-state index contributed by atoms with van der Waals surface area (Å²) in [5.41, 5.74) is 0.724. The van der Waals surface area contributed by atoms with E-state index >= 15 is 0 Å². The number of benzene rings is 1. The number of carbonyl (C=O) groups excluding carboxylic acids is 1. The maximum absolute atomic E-state index is 11.9. The predicted molar refractivity (Wildman–Crippen MR) is 101 cm³/mol. The Hall–Kier alpha value is -1.60. The van der Waals surface area contributed by atoms with E-state index in [0.29, 0.717) is 32.4 Å². The molecule has 1 aromatic carbocycles. The van der Waals surface area contributed by atoms with Gasteiger partial charge >= 0.3 is 0 Å². The van der Waals surface area contributed by atoms with Crippen molar-refractivity contribution in [1.29, 1.82) is 0 Å². The van der Waals surface area contributed by atoms with Crippen LogP contribution in [0.1, 0.15) is 53.4 Å². The second-order valence-electron chi connectivity index (χ2n) is 6.89. The zero-order valence-electron chi connectivity index (χ0n) is 15.6. The molecule has 7 heteroatoms. The molecule has 0 saturated heterocycles. The van der Waals surface area contributed by atoms with E-state index in [2.05, 4.69) is 10.0 Å². The van der Waals surface area contributed by atoms with Crippen LogP contribution in [-0.4, -0.2) is 32.2 Å². The summed E-state index contributed by atoms with van der Waals surface area (Å²) in [6.45, 7) is 8.02. The minimum absolute atomic E-state index is 0.0825. The SMILES string of the molecule is CCCOc1ccc(NC(=O)CCCCNS(=O)(=O)C(C)(C)C)cc1. The molecule has 0 fully saturated rings. The van der Waals surface area contributed by atoms with Crippen molar-refractivity contribution in [2.24, 2.45) is 0 Å². The smallest absolute Gasteiger partial charge is 0.224 e. The number of hydrogen-bond donors (Lipinski definition) is 2. The van der Waals surface area contributed by atoms with Crippen molar-refractivity contribution in [2.75, 3.05) is 18.5 Å². The average Bonchev–Trinajstić information content (AvgIpc) is 2.52. The minimum Gasteiger partial charge on any atom is -0.494 e. The first-order valence-electron chi connectivity index (χ1n) is 8.67. The summed E-state index contributed by atoms with van der Waals surface area (Å²) in [4.78, 5) is 11.9. The van der Waals surface area contributed by atoms with Crippen LogP contribution in [0.4, 0.5) is 5.69 Å². The van der Waals surface area contributed by atoms with Crippen molar-refractivity contribution in [3.63, 3.8) is 0 Å². The summed E-state index contributed by atoms with van der Waals surface area (Å²) >= 11 is 0. The first-order valence-corrected chi connectivity index (χ1v) is 10.2.